The van der Waals surface area contributed by atoms with E-state index in [0.717, 1.165) is 28.4 Å². The van der Waals surface area contributed by atoms with Crippen molar-refractivity contribution in [2.75, 3.05) is 5.75 Å². The van der Waals surface area contributed by atoms with Crippen LogP contribution in [-0.4, -0.2) is 11.5 Å². The maximum atomic E-state index is 13.1. The number of thiophene rings is 1. The molecule has 0 fully saturated rings. The van der Waals surface area contributed by atoms with Crippen LogP contribution in [0.2, 0.25) is 5.02 Å². The maximum Gasteiger partial charge on any atom is 0.177 e. The van der Waals surface area contributed by atoms with Gasteiger partial charge in [-0.1, -0.05) is 17.7 Å². The second-order valence-electron chi connectivity index (χ2n) is 4.71. The van der Waals surface area contributed by atoms with E-state index in [2.05, 4.69) is 0 Å². The monoisotopic (exact) mass is 326 g/mol. The van der Waals surface area contributed by atoms with Crippen LogP contribution in [0.1, 0.15) is 25.7 Å². The van der Waals surface area contributed by atoms with Crippen molar-refractivity contribution in [3.63, 3.8) is 0 Å². The van der Waals surface area contributed by atoms with E-state index in [-0.39, 0.29) is 17.2 Å². The van der Waals surface area contributed by atoms with Gasteiger partial charge in [-0.05, 0) is 41.5 Å². The maximum absolute atomic E-state index is 13.1. The van der Waals surface area contributed by atoms with E-state index >= 15 is 0 Å². The van der Waals surface area contributed by atoms with Gasteiger partial charge in [0.1, 0.15) is 5.82 Å². The Hall–Kier alpha value is -0.840. The molecule has 20 heavy (non-hydrogen) atoms. The molecule has 0 saturated carbocycles. The van der Waals surface area contributed by atoms with Crippen LogP contribution in [0.3, 0.4) is 0 Å². The van der Waals surface area contributed by atoms with E-state index in [0.29, 0.717) is 0 Å². The average Bonchev–Trinajstić information content (AvgIpc) is 2.87. The highest BCUT2D eigenvalue weighted by Crippen LogP contribution is 2.32. The Morgan fingerprint density at radius 3 is 2.95 bits per heavy atom. The molecule has 0 aliphatic carbocycles. The average molecular weight is 327 g/mol. The number of hydrogen-bond acceptors (Lipinski definition) is 3. The summed E-state index contributed by atoms with van der Waals surface area (Å²) in [5.41, 5.74) is 2.05. The van der Waals surface area contributed by atoms with Gasteiger partial charge in [-0.25, -0.2) is 4.39 Å². The highest BCUT2D eigenvalue weighted by Gasteiger charge is 2.17. The molecule has 5 heteroatoms. The van der Waals surface area contributed by atoms with Gasteiger partial charge in [0, 0.05) is 17.1 Å². The Balaban J connectivity index is 1.78. The van der Waals surface area contributed by atoms with Crippen molar-refractivity contribution >= 4 is 40.5 Å². The number of Topliss-reactive ketones (excluding diaryl/α,β-unsaturated/α-hetero) is 1. The fourth-order valence-corrected chi connectivity index (χ4v) is 4.72. The Morgan fingerprint density at radius 1 is 1.35 bits per heavy atom. The zero-order valence-corrected chi connectivity index (χ0v) is 13.0. The second-order valence-corrected chi connectivity index (χ2v) is 7.36. The third-order valence-electron chi connectivity index (χ3n) is 3.25. The molecular weight excluding hydrogens is 315 g/mol. The highest BCUT2D eigenvalue weighted by atomic mass is 35.5. The van der Waals surface area contributed by atoms with E-state index in [4.69, 9.17) is 11.6 Å². The first-order valence-electron chi connectivity index (χ1n) is 6.30. The minimum Gasteiger partial charge on any atom is -0.293 e. The fourth-order valence-electron chi connectivity index (χ4n) is 2.21. The van der Waals surface area contributed by atoms with Gasteiger partial charge >= 0.3 is 0 Å². The zero-order chi connectivity index (χ0) is 14.1. The number of hydrogen-bond donors (Lipinski definition) is 0. The highest BCUT2D eigenvalue weighted by molar-refractivity contribution is 7.98. The molecule has 104 valence electrons. The standard InChI is InChI=1S/C15H12ClFOS2/c16-11-5-9(1-2-12(11)17)6-13(18)15-7-10-8-19-4-3-14(10)20-15/h1-2,5,7H,3-4,6,8H2. The summed E-state index contributed by atoms with van der Waals surface area (Å²) < 4.78 is 13.1. The summed E-state index contributed by atoms with van der Waals surface area (Å²) in [5.74, 6) is 1.76. The summed E-state index contributed by atoms with van der Waals surface area (Å²) in [6.07, 6.45) is 1.33. The molecule has 2 heterocycles. The van der Waals surface area contributed by atoms with Gasteiger partial charge in [0.2, 0.25) is 0 Å². The molecular formula is C15H12ClFOS2. The first-order valence-corrected chi connectivity index (χ1v) is 8.65. The minimum atomic E-state index is -0.452. The van der Waals surface area contributed by atoms with Crippen molar-refractivity contribution in [1.82, 2.24) is 0 Å². The summed E-state index contributed by atoms with van der Waals surface area (Å²) in [6.45, 7) is 0. The summed E-state index contributed by atoms with van der Waals surface area (Å²) in [4.78, 5) is 14.4. The van der Waals surface area contributed by atoms with Crippen LogP contribution in [0.4, 0.5) is 4.39 Å². The van der Waals surface area contributed by atoms with Gasteiger partial charge in [0.15, 0.2) is 5.78 Å². The molecule has 1 nitrogen and oxygen atoms in total. The van der Waals surface area contributed by atoms with Crippen LogP contribution in [-0.2, 0) is 18.6 Å². The van der Waals surface area contributed by atoms with E-state index in [1.54, 1.807) is 17.4 Å². The zero-order valence-electron chi connectivity index (χ0n) is 10.6. The third-order valence-corrected chi connectivity index (χ3v) is 5.83. The van der Waals surface area contributed by atoms with Crippen molar-refractivity contribution in [3.8, 4) is 0 Å². The summed E-state index contributed by atoms with van der Waals surface area (Å²) in [7, 11) is 0. The van der Waals surface area contributed by atoms with E-state index in [1.165, 1.54) is 22.6 Å². The second kappa shape index (κ2) is 5.88. The first kappa shape index (κ1) is 14.1. The topological polar surface area (TPSA) is 17.1 Å². The molecule has 1 aromatic heterocycles. The SMILES string of the molecule is O=C(Cc1ccc(F)c(Cl)c1)c1cc2c(s1)CCSC2. The van der Waals surface area contributed by atoms with Crippen LogP contribution < -0.4 is 0 Å². The lowest BCUT2D eigenvalue weighted by Crippen LogP contribution is -2.01. The van der Waals surface area contributed by atoms with Crippen LogP contribution in [0.25, 0.3) is 0 Å². The lowest BCUT2D eigenvalue weighted by atomic mass is 10.1. The number of carbonyl (C=O) groups excluding carboxylic acids is 1. The predicted octanol–water partition coefficient (Wildman–Crippen LogP) is 4.76. The number of halogens is 2. The van der Waals surface area contributed by atoms with E-state index in [9.17, 15) is 9.18 Å². The molecule has 3 rings (SSSR count). The van der Waals surface area contributed by atoms with Gasteiger partial charge < -0.3 is 0 Å². The van der Waals surface area contributed by atoms with Crippen molar-refractivity contribution in [1.29, 1.82) is 0 Å². The van der Waals surface area contributed by atoms with Crippen LogP contribution in [0.5, 0.6) is 0 Å². The molecule has 0 atom stereocenters. The largest absolute Gasteiger partial charge is 0.293 e. The summed E-state index contributed by atoms with van der Waals surface area (Å²) >= 11 is 9.25. The molecule has 0 amide bonds. The number of thioether (sulfide) groups is 1. The lowest BCUT2D eigenvalue weighted by Gasteiger charge is -2.08. The minimum absolute atomic E-state index is 0.0668. The van der Waals surface area contributed by atoms with Gasteiger partial charge in [0.05, 0.1) is 9.90 Å². The molecule has 0 unspecified atom stereocenters. The van der Waals surface area contributed by atoms with Crippen molar-refractivity contribution < 1.29 is 9.18 Å². The van der Waals surface area contributed by atoms with Gasteiger partial charge in [-0.2, -0.15) is 11.8 Å². The number of rotatable bonds is 3. The van der Waals surface area contributed by atoms with Gasteiger partial charge in [-0.3, -0.25) is 4.79 Å². The Morgan fingerprint density at radius 2 is 2.20 bits per heavy atom. The van der Waals surface area contributed by atoms with Crippen LogP contribution in [0, 0.1) is 5.82 Å². The molecule has 1 aliphatic rings. The fraction of sp³-hybridized carbons (Fsp3) is 0.267. The number of benzene rings is 1. The normalized spacial score (nSPS) is 14.1. The predicted molar refractivity (Wildman–Crippen MR) is 83.6 cm³/mol. The number of fused-ring (bicyclic) bond motifs is 1. The van der Waals surface area contributed by atoms with Crippen molar-refractivity contribution in [2.24, 2.45) is 0 Å². The number of ketones is 1. The molecule has 0 N–H and O–H groups in total. The van der Waals surface area contributed by atoms with Crippen LogP contribution >= 0.6 is 34.7 Å². The first-order chi connectivity index (χ1) is 9.63. The Bertz CT molecular complexity index is 642. The molecule has 0 bridgehead atoms. The van der Waals surface area contributed by atoms with Crippen molar-refractivity contribution in [3.05, 3.63) is 56.0 Å². The van der Waals surface area contributed by atoms with E-state index in [1.807, 2.05) is 17.8 Å². The Kier molecular flexibility index (Phi) is 4.15. The summed E-state index contributed by atoms with van der Waals surface area (Å²) in [6, 6.07) is 6.46. The smallest absolute Gasteiger partial charge is 0.177 e. The lowest BCUT2D eigenvalue weighted by molar-refractivity contribution is 0.0996. The van der Waals surface area contributed by atoms with Gasteiger partial charge in [0.25, 0.3) is 0 Å². The molecule has 0 saturated heterocycles. The molecule has 1 aliphatic heterocycles. The van der Waals surface area contributed by atoms with Crippen LogP contribution in [0.15, 0.2) is 24.3 Å². The summed E-state index contributed by atoms with van der Waals surface area (Å²) in [5, 5.41) is 0.0668. The molecule has 0 spiro atoms. The molecule has 0 radical (unpaired) electrons. The quantitative estimate of drug-likeness (QED) is 0.757. The third kappa shape index (κ3) is 2.92. The van der Waals surface area contributed by atoms with Crippen molar-refractivity contribution in [2.45, 2.75) is 18.6 Å². The Labute approximate surface area is 130 Å². The molecule has 2 aromatic rings. The van der Waals surface area contributed by atoms with Gasteiger partial charge in [-0.15, -0.1) is 11.3 Å². The molecule has 1 aromatic carbocycles. The van der Waals surface area contributed by atoms with E-state index < -0.39 is 5.82 Å². The number of aryl methyl sites for hydroxylation is 1. The number of carbonyl (C=O) groups is 1.